The first kappa shape index (κ1) is 15.9. The number of benzene rings is 1. The molecule has 0 radical (unpaired) electrons. The minimum Gasteiger partial charge on any atom is -1.00 e. The summed E-state index contributed by atoms with van der Waals surface area (Å²) < 4.78 is 0.911. The molecule has 0 amide bonds. The molecule has 96 valence electrons. The van der Waals surface area contributed by atoms with Gasteiger partial charge in [0.05, 0.1) is 25.6 Å². The summed E-state index contributed by atoms with van der Waals surface area (Å²) in [5, 5.41) is 10.5. The molecule has 0 N–H and O–H groups in total. The Labute approximate surface area is 108 Å². The minimum absolute atomic E-state index is 0. The summed E-state index contributed by atoms with van der Waals surface area (Å²) in [6, 6.07) is 6.82. The lowest BCUT2D eigenvalue weighted by atomic mass is 10.2. The van der Waals surface area contributed by atoms with Crippen LogP contribution in [0.2, 0.25) is 0 Å². The van der Waals surface area contributed by atoms with E-state index in [2.05, 4.69) is 21.0 Å². The largest absolute Gasteiger partial charge is 1.00 e. The van der Waals surface area contributed by atoms with Crippen LogP contribution in [0, 0.1) is 10.1 Å². The minimum atomic E-state index is -0.365. The molecule has 0 unspecified atom stereocenters. The quantitative estimate of drug-likeness (QED) is 0.409. The standard InChI is InChI=1S/C12H19N2O2.ClH/c1-4-9-14(2,3)10-11-5-7-12(8-6-11)13(15)16;/h5-8H,4,9-10H2,1-3H3;1H/q+1;/p-1. The highest BCUT2D eigenvalue weighted by Crippen LogP contribution is 2.15. The van der Waals surface area contributed by atoms with Crippen molar-refractivity contribution in [3.8, 4) is 0 Å². The maximum atomic E-state index is 10.5. The van der Waals surface area contributed by atoms with Gasteiger partial charge >= 0.3 is 0 Å². The first-order valence-corrected chi connectivity index (χ1v) is 5.50. The van der Waals surface area contributed by atoms with E-state index in [-0.39, 0.29) is 23.0 Å². The molecule has 0 heterocycles. The van der Waals surface area contributed by atoms with Crippen LogP contribution in [0.4, 0.5) is 5.69 Å². The van der Waals surface area contributed by atoms with Crippen LogP contribution in [-0.2, 0) is 6.54 Å². The van der Waals surface area contributed by atoms with Crippen molar-refractivity contribution in [3.63, 3.8) is 0 Å². The number of nitrogens with zero attached hydrogens (tertiary/aromatic N) is 2. The fraction of sp³-hybridized carbons (Fsp3) is 0.500. The maximum absolute atomic E-state index is 10.5. The van der Waals surface area contributed by atoms with E-state index in [1.54, 1.807) is 12.1 Å². The molecule has 1 rings (SSSR count). The Balaban J connectivity index is 0.00000256. The highest BCUT2D eigenvalue weighted by Gasteiger charge is 2.15. The molecule has 0 atom stereocenters. The molecule has 0 aliphatic heterocycles. The second kappa shape index (κ2) is 6.57. The third-order valence-electron chi connectivity index (χ3n) is 2.59. The van der Waals surface area contributed by atoms with Crippen LogP contribution in [0.1, 0.15) is 18.9 Å². The van der Waals surface area contributed by atoms with Gasteiger partial charge in [-0.15, -0.1) is 0 Å². The zero-order valence-corrected chi connectivity index (χ0v) is 11.3. The fourth-order valence-electron chi connectivity index (χ4n) is 1.90. The number of nitro groups is 1. The summed E-state index contributed by atoms with van der Waals surface area (Å²) >= 11 is 0. The number of nitro benzene ring substituents is 1. The molecule has 1 aromatic rings. The van der Waals surface area contributed by atoms with E-state index in [4.69, 9.17) is 0 Å². The summed E-state index contributed by atoms with van der Waals surface area (Å²) in [5.41, 5.74) is 1.30. The summed E-state index contributed by atoms with van der Waals surface area (Å²) in [7, 11) is 4.34. The smallest absolute Gasteiger partial charge is 0.269 e. The van der Waals surface area contributed by atoms with E-state index in [1.165, 1.54) is 0 Å². The van der Waals surface area contributed by atoms with Crippen molar-refractivity contribution in [3.05, 3.63) is 39.9 Å². The van der Waals surface area contributed by atoms with E-state index in [9.17, 15) is 10.1 Å². The molecule has 0 saturated carbocycles. The van der Waals surface area contributed by atoms with Gasteiger partial charge in [0.1, 0.15) is 6.54 Å². The van der Waals surface area contributed by atoms with Crippen LogP contribution in [0.25, 0.3) is 0 Å². The summed E-state index contributed by atoms with van der Waals surface area (Å²) in [5.74, 6) is 0. The number of halogens is 1. The molecule has 1 aromatic carbocycles. The monoisotopic (exact) mass is 258 g/mol. The molecular weight excluding hydrogens is 240 g/mol. The van der Waals surface area contributed by atoms with Crippen molar-refractivity contribution in [1.82, 2.24) is 0 Å². The molecule has 4 nitrogen and oxygen atoms in total. The second-order valence-corrected chi connectivity index (χ2v) is 4.74. The van der Waals surface area contributed by atoms with Gasteiger partial charge in [-0.25, -0.2) is 0 Å². The number of non-ortho nitro benzene ring substituents is 1. The van der Waals surface area contributed by atoms with Gasteiger partial charge in [0, 0.05) is 17.7 Å². The van der Waals surface area contributed by atoms with E-state index >= 15 is 0 Å². The Kier molecular flexibility index (Phi) is 6.13. The molecule has 0 spiro atoms. The van der Waals surface area contributed by atoms with Gasteiger partial charge in [0.2, 0.25) is 0 Å². The van der Waals surface area contributed by atoms with Gasteiger partial charge in [-0.1, -0.05) is 6.92 Å². The number of rotatable bonds is 5. The van der Waals surface area contributed by atoms with Crippen molar-refractivity contribution < 1.29 is 21.8 Å². The van der Waals surface area contributed by atoms with Gasteiger partial charge in [0.25, 0.3) is 5.69 Å². The van der Waals surface area contributed by atoms with Crippen molar-refractivity contribution >= 4 is 5.69 Å². The Morgan fingerprint density at radius 2 is 1.76 bits per heavy atom. The molecule has 5 heteroatoms. The molecule has 0 saturated heterocycles. The average Bonchev–Trinajstić information content (AvgIpc) is 2.17. The maximum Gasteiger partial charge on any atom is 0.269 e. The topological polar surface area (TPSA) is 43.1 Å². The Morgan fingerprint density at radius 3 is 2.18 bits per heavy atom. The van der Waals surface area contributed by atoms with Crippen molar-refractivity contribution in [2.24, 2.45) is 0 Å². The number of quaternary nitrogens is 1. The first-order chi connectivity index (χ1) is 7.44. The van der Waals surface area contributed by atoms with Crippen LogP contribution in [-0.4, -0.2) is 30.0 Å². The van der Waals surface area contributed by atoms with E-state index in [1.807, 2.05) is 12.1 Å². The molecule has 0 aromatic heterocycles. The van der Waals surface area contributed by atoms with E-state index < -0.39 is 0 Å². The Bertz CT molecular complexity index is 363. The summed E-state index contributed by atoms with van der Waals surface area (Å²) in [4.78, 5) is 10.1. The zero-order valence-electron chi connectivity index (χ0n) is 10.5. The molecular formula is C12H19ClN2O2. The Morgan fingerprint density at radius 1 is 1.24 bits per heavy atom. The lowest BCUT2D eigenvalue weighted by Gasteiger charge is -2.29. The number of hydrogen-bond acceptors (Lipinski definition) is 2. The van der Waals surface area contributed by atoms with E-state index in [0.717, 1.165) is 29.6 Å². The van der Waals surface area contributed by atoms with Gasteiger partial charge in [-0.2, -0.15) is 0 Å². The van der Waals surface area contributed by atoms with Crippen LogP contribution in [0.15, 0.2) is 24.3 Å². The van der Waals surface area contributed by atoms with Gasteiger partial charge < -0.3 is 16.9 Å². The van der Waals surface area contributed by atoms with Crippen LogP contribution in [0.3, 0.4) is 0 Å². The molecule has 0 bridgehead atoms. The molecule has 0 aliphatic carbocycles. The van der Waals surface area contributed by atoms with Gasteiger partial charge in [-0.3, -0.25) is 10.1 Å². The third-order valence-corrected chi connectivity index (χ3v) is 2.59. The first-order valence-electron chi connectivity index (χ1n) is 5.50. The van der Waals surface area contributed by atoms with Gasteiger partial charge in [-0.05, 0) is 18.6 Å². The SMILES string of the molecule is CCC[N+](C)(C)Cc1ccc([N+](=O)[O-])cc1.[Cl-]. The molecule has 0 fully saturated rings. The highest BCUT2D eigenvalue weighted by atomic mass is 35.5. The van der Waals surface area contributed by atoms with Crippen LogP contribution < -0.4 is 12.4 Å². The average molecular weight is 259 g/mol. The van der Waals surface area contributed by atoms with Crippen molar-refractivity contribution in [2.45, 2.75) is 19.9 Å². The zero-order chi connectivity index (χ0) is 12.2. The van der Waals surface area contributed by atoms with E-state index in [0.29, 0.717) is 0 Å². The summed E-state index contributed by atoms with van der Waals surface area (Å²) in [6.45, 7) is 4.18. The molecule has 17 heavy (non-hydrogen) atoms. The van der Waals surface area contributed by atoms with Crippen LogP contribution >= 0.6 is 0 Å². The van der Waals surface area contributed by atoms with Crippen molar-refractivity contribution in [1.29, 1.82) is 0 Å². The Hall–Kier alpha value is -1.13. The lowest BCUT2D eigenvalue weighted by Crippen LogP contribution is -3.00. The highest BCUT2D eigenvalue weighted by molar-refractivity contribution is 5.32. The van der Waals surface area contributed by atoms with Gasteiger partial charge in [0.15, 0.2) is 0 Å². The molecule has 0 aliphatic rings. The second-order valence-electron chi connectivity index (χ2n) is 4.74. The predicted molar refractivity (Wildman–Crippen MR) is 64.1 cm³/mol. The van der Waals surface area contributed by atoms with Crippen molar-refractivity contribution in [2.75, 3.05) is 20.6 Å². The predicted octanol–water partition coefficient (Wildman–Crippen LogP) is -0.415. The normalized spacial score (nSPS) is 10.8. The fourth-order valence-corrected chi connectivity index (χ4v) is 1.90. The van der Waals surface area contributed by atoms with Crippen LogP contribution in [0.5, 0.6) is 0 Å². The number of hydrogen-bond donors (Lipinski definition) is 0. The lowest BCUT2D eigenvalue weighted by molar-refractivity contribution is -0.903. The summed E-state index contributed by atoms with van der Waals surface area (Å²) in [6.07, 6.45) is 1.14. The third kappa shape index (κ3) is 5.15.